The van der Waals surface area contributed by atoms with Crippen molar-refractivity contribution in [3.05, 3.63) is 57.6 Å². The van der Waals surface area contributed by atoms with Crippen LogP contribution in [0.3, 0.4) is 0 Å². The quantitative estimate of drug-likeness (QED) is 0.477. The second-order valence-corrected chi connectivity index (χ2v) is 4.33. The molecule has 0 aliphatic heterocycles. The molecule has 0 heterocycles. The van der Waals surface area contributed by atoms with Gasteiger partial charge in [-0.15, -0.1) is 0 Å². The molecule has 0 aromatic heterocycles. The Morgan fingerprint density at radius 3 is 2.43 bits per heavy atom. The lowest BCUT2D eigenvalue weighted by atomic mass is 10.1. The molecule has 2 aromatic carbocycles. The Bertz CT molecular complexity index is 696. The molecule has 0 atom stereocenters. The molecule has 6 nitrogen and oxygen atoms in total. The van der Waals surface area contributed by atoms with Crippen molar-refractivity contribution < 1.29 is 19.2 Å². The van der Waals surface area contributed by atoms with Gasteiger partial charge in [0.15, 0.2) is 0 Å². The molecule has 0 unspecified atom stereocenters. The fraction of sp³-hybridized carbons (Fsp3) is 0.133. The van der Waals surface area contributed by atoms with Gasteiger partial charge in [-0.25, -0.2) is 0 Å². The number of benzene rings is 2. The van der Waals surface area contributed by atoms with E-state index in [1.54, 1.807) is 25.1 Å². The monoisotopic (exact) mass is 287 g/mol. The summed E-state index contributed by atoms with van der Waals surface area (Å²) in [6, 6.07) is 9.09. The third-order valence-corrected chi connectivity index (χ3v) is 2.96. The van der Waals surface area contributed by atoms with Crippen LogP contribution < -0.4 is 9.47 Å². The normalized spacial score (nSPS) is 10.0. The smallest absolute Gasteiger partial charge is 0.311 e. The van der Waals surface area contributed by atoms with E-state index in [9.17, 15) is 14.9 Å². The van der Waals surface area contributed by atoms with Gasteiger partial charge in [0, 0.05) is 17.7 Å². The van der Waals surface area contributed by atoms with Crippen molar-refractivity contribution in [3.63, 3.8) is 0 Å². The molecule has 0 aliphatic rings. The van der Waals surface area contributed by atoms with Crippen LogP contribution in [0, 0.1) is 17.0 Å². The fourth-order valence-corrected chi connectivity index (χ4v) is 1.82. The SMILES string of the molecule is COc1ccc([N+](=O)[O-])c(Oc2ccc(C=O)c(C)c2)c1. The van der Waals surface area contributed by atoms with Gasteiger partial charge in [-0.3, -0.25) is 14.9 Å². The zero-order valence-electron chi connectivity index (χ0n) is 11.5. The summed E-state index contributed by atoms with van der Waals surface area (Å²) in [4.78, 5) is 21.3. The van der Waals surface area contributed by atoms with E-state index in [2.05, 4.69) is 0 Å². The lowest BCUT2D eigenvalue weighted by Crippen LogP contribution is -1.95. The number of ether oxygens (including phenoxy) is 2. The number of nitrogens with zero attached hydrogens (tertiary/aromatic N) is 1. The Morgan fingerprint density at radius 1 is 1.14 bits per heavy atom. The van der Waals surface area contributed by atoms with Crippen LogP contribution >= 0.6 is 0 Å². The molecule has 6 heteroatoms. The zero-order valence-corrected chi connectivity index (χ0v) is 11.5. The summed E-state index contributed by atoms with van der Waals surface area (Å²) in [6.07, 6.45) is 0.743. The summed E-state index contributed by atoms with van der Waals surface area (Å²) < 4.78 is 10.6. The number of carbonyl (C=O) groups excluding carboxylic acids is 1. The highest BCUT2D eigenvalue weighted by molar-refractivity contribution is 5.77. The molecule has 21 heavy (non-hydrogen) atoms. The Morgan fingerprint density at radius 2 is 1.86 bits per heavy atom. The number of nitro groups is 1. The number of nitro benzene ring substituents is 1. The molecular weight excluding hydrogens is 274 g/mol. The van der Waals surface area contributed by atoms with Crippen molar-refractivity contribution in [1.29, 1.82) is 0 Å². The Labute approximate surface area is 121 Å². The Balaban J connectivity index is 2.40. The first kappa shape index (κ1) is 14.5. The largest absolute Gasteiger partial charge is 0.497 e. The fourth-order valence-electron chi connectivity index (χ4n) is 1.82. The van der Waals surface area contributed by atoms with Gasteiger partial charge in [-0.2, -0.15) is 0 Å². The first-order valence-corrected chi connectivity index (χ1v) is 6.11. The van der Waals surface area contributed by atoms with Gasteiger partial charge in [0.2, 0.25) is 5.75 Å². The predicted molar refractivity (Wildman–Crippen MR) is 76.3 cm³/mol. The van der Waals surface area contributed by atoms with E-state index in [4.69, 9.17) is 9.47 Å². The molecule has 0 fully saturated rings. The van der Waals surface area contributed by atoms with Crippen LogP contribution in [-0.4, -0.2) is 18.3 Å². The third-order valence-electron chi connectivity index (χ3n) is 2.96. The summed E-state index contributed by atoms with van der Waals surface area (Å²) in [5, 5.41) is 11.0. The molecule has 0 N–H and O–H groups in total. The van der Waals surface area contributed by atoms with Crippen molar-refractivity contribution in [3.8, 4) is 17.2 Å². The lowest BCUT2D eigenvalue weighted by Gasteiger charge is -2.09. The molecule has 0 spiro atoms. The highest BCUT2D eigenvalue weighted by Crippen LogP contribution is 2.34. The maximum Gasteiger partial charge on any atom is 0.311 e. The molecule has 0 aliphatic carbocycles. The standard InChI is InChI=1S/C15H13NO5/c1-10-7-13(4-3-11(10)9-17)21-15-8-12(20-2)5-6-14(15)16(18)19/h3-9H,1-2H3. The predicted octanol–water partition coefficient (Wildman–Crippen LogP) is 3.52. The number of aryl methyl sites for hydroxylation is 1. The number of aldehydes is 1. The van der Waals surface area contributed by atoms with Crippen LogP contribution in [0.15, 0.2) is 36.4 Å². The van der Waals surface area contributed by atoms with Crippen LogP contribution in [-0.2, 0) is 0 Å². The van der Waals surface area contributed by atoms with E-state index in [1.165, 1.54) is 25.3 Å². The number of rotatable bonds is 5. The van der Waals surface area contributed by atoms with Crippen molar-refractivity contribution in [1.82, 2.24) is 0 Å². The van der Waals surface area contributed by atoms with Crippen molar-refractivity contribution >= 4 is 12.0 Å². The lowest BCUT2D eigenvalue weighted by molar-refractivity contribution is -0.385. The molecule has 0 saturated carbocycles. The van der Waals surface area contributed by atoms with E-state index in [0.717, 1.165) is 11.8 Å². The molecule has 0 radical (unpaired) electrons. The van der Waals surface area contributed by atoms with Crippen LogP contribution in [0.5, 0.6) is 17.2 Å². The molecule has 0 amide bonds. The van der Waals surface area contributed by atoms with Crippen LogP contribution in [0.1, 0.15) is 15.9 Å². The van der Waals surface area contributed by atoms with E-state index >= 15 is 0 Å². The van der Waals surface area contributed by atoms with E-state index in [0.29, 0.717) is 17.1 Å². The van der Waals surface area contributed by atoms with Crippen LogP contribution in [0.4, 0.5) is 5.69 Å². The summed E-state index contributed by atoms with van der Waals surface area (Å²) in [5.74, 6) is 0.948. The maximum absolute atomic E-state index is 11.0. The first-order valence-electron chi connectivity index (χ1n) is 6.11. The van der Waals surface area contributed by atoms with Crippen molar-refractivity contribution in [2.24, 2.45) is 0 Å². The molecule has 108 valence electrons. The highest BCUT2D eigenvalue weighted by Gasteiger charge is 2.17. The Kier molecular flexibility index (Phi) is 4.18. The van der Waals surface area contributed by atoms with Gasteiger partial charge in [-0.05, 0) is 36.8 Å². The second kappa shape index (κ2) is 6.04. The van der Waals surface area contributed by atoms with Gasteiger partial charge in [0.1, 0.15) is 17.8 Å². The van der Waals surface area contributed by atoms with Crippen LogP contribution in [0.2, 0.25) is 0 Å². The first-order chi connectivity index (χ1) is 10.0. The van der Waals surface area contributed by atoms with Gasteiger partial charge in [0.25, 0.3) is 0 Å². The minimum atomic E-state index is -0.526. The van der Waals surface area contributed by atoms with Gasteiger partial charge in [0.05, 0.1) is 12.0 Å². The maximum atomic E-state index is 11.0. The number of hydrogen-bond acceptors (Lipinski definition) is 5. The second-order valence-electron chi connectivity index (χ2n) is 4.33. The van der Waals surface area contributed by atoms with E-state index in [1.807, 2.05) is 0 Å². The average Bonchev–Trinajstić information content (AvgIpc) is 2.47. The number of hydrogen-bond donors (Lipinski definition) is 0. The highest BCUT2D eigenvalue weighted by atomic mass is 16.6. The zero-order chi connectivity index (χ0) is 15.4. The summed E-state index contributed by atoms with van der Waals surface area (Å²) in [7, 11) is 1.47. The molecule has 2 aromatic rings. The molecule has 0 bridgehead atoms. The van der Waals surface area contributed by atoms with Gasteiger partial charge >= 0.3 is 5.69 Å². The number of carbonyl (C=O) groups is 1. The molecule has 0 saturated heterocycles. The third kappa shape index (κ3) is 3.17. The van der Waals surface area contributed by atoms with Crippen molar-refractivity contribution in [2.45, 2.75) is 6.92 Å². The summed E-state index contributed by atoms with van der Waals surface area (Å²) >= 11 is 0. The minimum absolute atomic E-state index is 0.0811. The molecular formula is C15H13NO5. The summed E-state index contributed by atoms with van der Waals surface area (Å²) in [6.45, 7) is 1.76. The molecule has 2 rings (SSSR count). The number of methoxy groups -OCH3 is 1. The van der Waals surface area contributed by atoms with Crippen LogP contribution in [0.25, 0.3) is 0 Å². The van der Waals surface area contributed by atoms with E-state index in [-0.39, 0.29) is 11.4 Å². The van der Waals surface area contributed by atoms with E-state index < -0.39 is 4.92 Å². The minimum Gasteiger partial charge on any atom is -0.497 e. The topological polar surface area (TPSA) is 78.7 Å². The average molecular weight is 287 g/mol. The van der Waals surface area contributed by atoms with Gasteiger partial charge < -0.3 is 9.47 Å². The van der Waals surface area contributed by atoms with Crippen molar-refractivity contribution in [2.75, 3.05) is 7.11 Å². The summed E-state index contributed by atoms with van der Waals surface area (Å²) in [5.41, 5.74) is 1.11. The van der Waals surface area contributed by atoms with Gasteiger partial charge in [-0.1, -0.05) is 0 Å². The Hall–Kier alpha value is -2.89.